The molecule has 0 bridgehead atoms. The van der Waals surface area contributed by atoms with Crippen LogP contribution in [0, 0.1) is 5.92 Å². The molecule has 1 amide bonds. The van der Waals surface area contributed by atoms with Crippen molar-refractivity contribution < 1.29 is 17.6 Å². The Morgan fingerprint density at radius 3 is 2.56 bits per heavy atom. The first-order chi connectivity index (χ1) is 16.0. The van der Waals surface area contributed by atoms with Crippen LogP contribution in [-0.4, -0.2) is 45.8 Å². The molecule has 1 saturated carbocycles. The molecule has 1 aliphatic carbocycles. The zero-order valence-electron chi connectivity index (χ0n) is 20.1. The second-order valence-electron chi connectivity index (χ2n) is 10.0. The maximum atomic E-state index is 13.6. The average molecular weight is 490 g/mol. The Labute approximate surface area is 199 Å². The number of fused-ring (bicyclic) bond motifs is 1. The number of aromatic nitrogens is 4. The summed E-state index contributed by atoms with van der Waals surface area (Å²) in [5, 5.41) is 6.53. The molecule has 0 atom stereocenters. The molecular weight excluding hydrogens is 457 g/mol. The van der Waals surface area contributed by atoms with Crippen LogP contribution in [0.2, 0.25) is 0 Å². The van der Waals surface area contributed by atoms with E-state index >= 15 is 0 Å². The molecule has 0 radical (unpaired) electrons. The lowest BCUT2D eigenvalue weighted by Crippen LogP contribution is -2.24. The van der Waals surface area contributed by atoms with Crippen molar-refractivity contribution in [3.63, 3.8) is 0 Å². The van der Waals surface area contributed by atoms with Crippen LogP contribution >= 0.6 is 0 Å². The van der Waals surface area contributed by atoms with Gasteiger partial charge in [0, 0.05) is 18.5 Å². The maximum Gasteiger partial charge on any atom is 0.283 e. The number of hydrogen-bond acceptors (Lipinski definition) is 5. The summed E-state index contributed by atoms with van der Waals surface area (Å²) in [5.41, 5.74) is 1.36. The molecule has 2 heterocycles. The third kappa shape index (κ3) is 4.73. The monoisotopic (exact) mass is 489 g/mol. The van der Waals surface area contributed by atoms with Crippen molar-refractivity contribution in [3.8, 4) is 0 Å². The summed E-state index contributed by atoms with van der Waals surface area (Å²) < 4.78 is 43.0. The van der Waals surface area contributed by atoms with Gasteiger partial charge in [-0.2, -0.15) is 17.6 Å². The van der Waals surface area contributed by atoms with Crippen LogP contribution in [0.25, 0.3) is 11.0 Å². The van der Waals surface area contributed by atoms with Crippen molar-refractivity contribution in [2.75, 3.05) is 6.54 Å². The van der Waals surface area contributed by atoms with Gasteiger partial charge in [0.25, 0.3) is 15.9 Å². The van der Waals surface area contributed by atoms with Crippen LogP contribution < -0.4 is 5.32 Å². The quantitative estimate of drug-likeness (QED) is 0.563. The number of imidazole rings is 1. The van der Waals surface area contributed by atoms with Gasteiger partial charge in [-0.25, -0.2) is 9.37 Å². The summed E-state index contributed by atoms with van der Waals surface area (Å²) in [7, 11) is -4.00. The smallest absolute Gasteiger partial charge is 0.283 e. The van der Waals surface area contributed by atoms with Crippen LogP contribution in [0.4, 0.5) is 4.39 Å². The molecular formula is C24H32FN5O3S. The molecule has 0 aliphatic heterocycles. The number of carbonyl (C=O) groups excluding carboxylic acids is 1. The van der Waals surface area contributed by atoms with E-state index in [1.54, 1.807) is 25.1 Å². The Morgan fingerprint density at radius 2 is 1.91 bits per heavy atom. The third-order valence-corrected chi connectivity index (χ3v) is 7.85. The second kappa shape index (κ2) is 9.13. The van der Waals surface area contributed by atoms with Gasteiger partial charge in [-0.15, -0.1) is 0 Å². The number of halogens is 1. The zero-order valence-corrected chi connectivity index (χ0v) is 20.9. The summed E-state index contributed by atoms with van der Waals surface area (Å²) >= 11 is 0. The Balaban J connectivity index is 1.71. The van der Waals surface area contributed by atoms with Gasteiger partial charge in [0.1, 0.15) is 12.0 Å². The van der Waals surface area contributed by atoms with Crippen LogP contribution in [0.5, 0.6) is 0 Å². The van der Waals surface area contributed by atoms with Crippen molar-refractivity contribution in [3.05, 3.63) is 42.0 Å². The standard InChI is InChI=1S/C24H32FN5O3S/c1-5-26-22(31)17-13-27-30(15-17)34(32,33)19-10-11-21-20(12-19)28-23(24(2,3)4)29(21)14-16-6-8-18(25)9-7-16/h10-13,15-16,18H,5-9,14H2,1-4H3,(H,26,31)/t16-,18-. The molecule has 8 nitrogen and oxygen atoms in total. The van der Waals surface area contributed by atoms with Crippen molar-refractivity contribution in [1.82, 2.24) is 24.1 Å². The number of hydrogen-bond donors (Lipinski definition) is 1. The number of benzene rings is 1. The predicted octanol–water partition coefficient (Wildman–Crippen LogP) is 4.05. The third-order valence-electron chi connectivity index (χ3n) is 6.31. The van der Waals surface area contributed by atoms with Gasteiger partial charge < -0.3 is 9.88 Å². The Morgan fingerprint density at radius 1 is 1.21 bits per heavy atom. The number of alkyl halides is 1. The molecule has 4 rings (SSSR count). The van der Waals surface area contributed by atoms with E-state index in [0.717, 1.165) is 34.8 Å². The van der Waals surface area contributed by atoms with Gasteiger partial charge >= 0.3 is 0 Å². The van der Waals surface area contributed by atoms with Gasteiger partial charge in [-0.05, 0) is 56.7 Å². The van der Waals surface area contributed by atoms with E-state index in [1.165, 1.54) is 12.4 Å². The van der Waals surface area contributed by atoms with Crippen LogP contribution in [0.3, 0.4) is 0 Å². The average Bonchev–Trinajstić information content (AvgIpc) is 3.41. The van der Waals surface area contributed by atoms with E-state index in [9.17, 15) is 17.6 Å². The van der Waals surface area contributed by atoms with E-state index in [4.69, 9.17) is 4.98 Å². The van der Waals surface area contributed by atoms with Crippen molar-refractivity contribution in [2.45, 2.75) is 76.4 Å². The first-order valence-electron chi connectivity index (χ1n) is 11.7. The minimum absolute atomic E-state index is 0.0496. The van der Waals surface area contributed by atoms with Gasteiger partial charge in [0.15, 0.2) is 0 Å². The maximum absolute atomic E-state index is 13.6. The fourth-order valence-corrected chi connectivity index (χ4v) is 5.65. The molecule has 184 valence electrons. The van der Waals surface area contributed by atoms with Gasteiger partial charge in [0.2, 0.25) is 0 Å². The number of rotatable bonds is 6. The van der Waals surface area contributed by atoms with Crippen molar-refractivity contribution in [2.24, 2.45) is 5.92 Å². The highest BCUT2D eigenvalue weighted by Gasteiger charge is 2.28. The summed E-state index contributed by atoms with van der Waals surface area (Å²) in [4.78, 5) is 16.9. The molecule has 10 heteroatoms. The van der Waals surface area contributed by atoms with E-state index in [0.29, 0.717) is 30.8 Å². The first-order valence-corrected chi connectivity index (χ1v) is 13.2. The van der Waals surface area contributed by atoms with E-state index < -0.39 is 16.2 Å². The lowest BCUT2D eigenvalue weighted by molar-refractivity contribution is 0.0956. The second-order valence-corrected chi connectivity index (χ2v) is 11.8. The summed E-state index contributed by atoms with van der Waals surface area (Å²) in [6.45, 7) is 9.18. The first kappa shape index (κ1) is 24.4. The minimum Gasteiger partial charge on any atom is -0.352 e. The zero-order chi connectivity index (χ0) is 24.7. The summed E-state index contributed by atoms with van der Waals surface area (Å²) in [6.07, 6.45) is 4.60. The molecule has 34 heavy (non-hydrogen) atoms. The summed E-state index contributed by atoms with van der Waals surface area (Å²) in [6, 6.07) is 4.88. The molecule has 0 unspecified atom stereocenters. The van der Waals surface area contributed by atoms with Crippen LogP contribution in [-0.2, 0) is 22.0 Å². The van der Waals surface area contributed by atoms with E-state index in [-0.39, 0.29) is 21.8 Å². The Kier molecular flexibility index (Phi) is 6.54. The van der Waals surface area contributed by atoms with E-state index in [2.05, 4.69) is 35.8 Å². The largest absolute Gasteiger partial charge is 0.352 e. The topological polar surface area (TPSA) is 98.9 Å². The number of carbonyl (C=O) groups is 1. The number of nitrogens with one attached hydrogen (secondary N) is 1. The molecule has 2 aromatic heterocycles. The molecule has 3 aromatic rings. The predicted molar refractivity (Wildman–Crippen MR) is 128 cm³/mol. The minimum atomic E-state index is -4.00. The lowest BCUT2D eigenvalue weighted by atomic mass is 9.87. The molecule has 1 fully saturated rings. The Hall–Kier alpha value is -2.75. The lowest BCUT2D eigenvalue weighted by Gasteiger charge is -2.27. The molecule has 1 aromatic carbocycles. The van der Waals surface area contributed by atoms with Gasteiger partial charge in [-0.3, -0.25) is 4.79 Å². The highest BCUT2D eigenvalue weighted by atomic mass is 32.2. The van der Waals surface area contributed by atoms with E-state index in [1.807, 2.05) is 0 Å². The summed E-state index contributed by atoms with van der Waals surface area (Å²) in [5.74, 6) is 0.859. The van der Waals surface area contributed by atoms with Crippen molar-refractivity contribution in [1.29, 1.82) is 0 Å². The highest BCUT2D eigenvalue weighted by Crippen LogP contribution is 2.33. The highest BCUT2D eigenvalue weighted by molar-refractivity contribution is 7.89. The fourth-order valence-electron chi connectivity index (χ4n) is 4.51. The van der Waals surface area contributed by atoms with Gasteiger partial charge in [-0.1, -0.05) is 20.8 Å². The van der Waals surface area contributed by atoms with Crippen LogP contribution in [0.15, 0.2) is 35.5 Å². The number of amides is 1. The SMILES string of the molecule is CCNC(=O)c1cnn(S(=O)(=O)c2ccc3c(c2)nc(C(C)(C)C)n3C[C@H]2CC[C@H](F)CC2)c1. The normalized spacial score (nSPS) is 19.4. The fraction of sp³-hybridized carbons (Fsp3) is 0.542. The molecule has 1 aliphatic rings. The molecule has 0 spiro atoms. The molecule has 0 saturated heterocycles. The number of nitrogens with zero attached hydrogens (tertiary/aromatic N) is 4. The van der Waals surface area contributed by atoms with Gasteiger partial charge in [0.05, 0.1) is 33.9 Å². The Bertz CT molecular complexity index is 1300. The van der Waals surface area contributed by atoms with Crippen LogP contribution in [0.1, 0.15) is 69.6 Å². The van der Waals surface area contributed by atoms with Crippen molar-refractivity contribution >= 4 is 27.0 Å². The molecule has 1 N–H and O–H groups in total.